The number of hydrogen-bond acceptors (Lipinski definition) is 4. The minimum absolute atomic E-state index is 0. The first-order valence-corrected chi connectivity index (χ1v) is 7.66. The van der Waals surface area contributed by atoms with Gasteiger partial charge in [-0.2, -0.15) is 0 Å². The van der Waals surface area contributed by atoms with E-state index in [4.69, 9.17) is 0 Å². The Bertz CT molecular complexity index is 483. The highest BCUT2D eigenvalue weighted by molar-refractivity contribution is 5.85. The standard InChI is InChI=1S/C16H25N3O.ClH/c1-12-9-14(19-8-6-17-10-13(19)2)3-4-16(12)18-7-5-15(20)11-18;/h3-4,9,13,15,17,20H,5-8,10-11H2,1-2H3;1H/t13-,15-;/m1./s1. The molecule has 0 spiro atoms. The van der Waals surface area contributed by atoms with Gasteiger partial charge in [-0.3, -0.25) is 0 Å². The van der Waals surface area contributed by atoms with Gasteiger partial charge in [0.05, 0.1) is 6.10 Å². The lowest BCUT2D eigenvalue weighted by atomic mass is 10.1. The number of rotatable bonds is 2. The van der Waals surface area contributed by atoms with E-state index in [2.05, 4.69) is 47.2 Å². The molecule has 2 aliphatic rings. The van der Waals surface area contributed by atoms with E-state index in [0.717, 1.165) is 39.1 Å². The molecule has 2 aliphatic heterocycles. The molecule has 5 heteroatoms. The largest absolute Gasteiger partial charge is 0.391 e. The Labute approximate surface area is 133 Å². The van der Waals surface area contributed by atoms with Gasteiger partial charge in [-0.15, -0.1) is 12.4 Å². The SMILES string of the molecule is Cc1cc(N2CCNC[C@H]2C)ccc1N1CC[C@@H](O)C1.Cl. The van der Waals surface area contributed by atoms with E-state index in [1.807, 2.05) is 0 Å². The highest BCUT2D eigenvalue weighted by atomic mass is 35.5. The number of anilines is 2. The minimum atomic E-state index is -0.165. The summed E-state index contributed by atoms with van der Waals surface area (Å²) in [6, 6.07) is 7.29. The van der Waals surface area contributed by atoms with Crippen molar-refractivity contribution >= 4 is 23.8 Å². The van der Waals surface area contributed by atoms with Crippen LogP contribution in [-0.4, -0.2) is 50.0 Å². The second-order valence-electron chi connectivity index (χ2n) is 6.11. The maximum Gasteiger partial charge on any atom is 0.0731 e. The van der Waals surface area contributed by atoms with Crippen molar-refractivity contribution < 1.29 is 5.11 Å². The van der Waals surface area contributed by atoms with Crippen LogP contribution in [0, 0.1) is 6.92 Å². The first-order chi connectivity index (χ1) is 9.65. The van der Waals surface area contributed by atoms with Crippen molar-refractivity contribution in [3.8, 4) is 0 Å². The van der Waals surface area contributed by atoms with Crippen molar-refractivity contribution in [3.63, 3.8) is 0 Å². The van der Waals surface area contributed by atoms with Crippen LogP contribution in [0.15, 0.2) is 18.2 Å². The monoisotopic (exact) mass is 311 g/mol. The van der Waals surface area contributed by atoms with Gasteiger partial charge < -0.3 is 20.2 Å². The maximum absolute atomic E-state index is 9.69. The summed E-state index contributed by atoms with van der Waals surface area (Å²) in [5.41, 5.74) is 3.90. The lowest BCUT2D eigenvalue weighted by Gasteiger charge is -2.36. The number of aryl methyl sites for hydroxylation is 1. The molecule has 2 saturated heterocycles. The molecule has 1 aromatic carbocycles. The van der Waals surface area contributed by atoms with E-state index in [9.17, 15) is 5.11 Å². The van der Waals surface area contributed by atoms with Gasteiger partial charge in [0.1, 0.15) is 0 Å². The van der Waals surface area contributed by atoms with Crippen LogP contribution in [0.4, 0.5) is 11.4 Å². The molecule has 0 amide bonds. The normalized spacial score (nSPS) is 25.9. The molecule has 0 radical (unpaired) electrons. The summed E-state index contributed by atoms with van der Waals surface area (Å²) in [7, 11) is 0. The average Bonchev–Trinajstić information content (AvgIpc) is 2.85. The second kappa shape index (κ2) is 6.86. The lowest BCUT2D eigenvalue weighted by molar-refractivity contribution is 0.198. The topological polar surface area (TPSA) is 38.7 Å². The number of benzene rings is 1. The van der Waals surface area contributed by atoms with Crippen molar-refractivity contribution in [2.75, 3.05) is 42.5 Å². The zero-order valence-corrected chi connectivity index (χ0v) is 13.7. The van der Waals surface area contributed by atoms with Crippen molar-refractivity contribution in [3.05, 3.63) is 23.8 Å². The maximum atomic E-state index is 9.69. The van der Waals surface area contributed by atoms with Crippen molar-refractivity contribution in [2.24, 2.45) is 0 Å². The molecule has 2 fully saturated rings. The quantitative estimate of drug-likeness (QED) is 0.873. The Balaban J connectivity index is 0.00000161. The van der Waals surface area contributed by atoms with E-state index in [1.165, 1.54) is 16.9 Å². The van der Waals surface area contributed by atoms with Gasteiger partial charge in [0.15, 0.2) is 0 Å². The van der Waals surface area contributed by atoms with Gasteiger partial charge in [0.2, 0.25) is 0 Å². The zero-order chi connectivity index (χ0) is 14.1. The molecule has 2 heterocycles. The summed E-state index contributed by atoms with van der Waals surface area (Å²) in [5, 5.41) is 13.1. The number of β-amino-alcohol motifs (C(OH)–C–C–N with tert-alkyl or cyclic N) is 1. The van der Waals surface area contributed by atoms with Gasteiger partial charge >= 0.3 is 0 Å². The third-order valence-corrected chi connectivity index (χ3v) is 4.52. The summed E-state index contributed by atoms with van der Waals surface area (Å²) in [5.74, 6) is 0. The zero-order valence-electron chi connectivity index (χ0n) is 12.9. The van der Waals surface area contributed by atoms with Crippen LogP contribution in [0.3, 0.4) is 0 Å². The van der Waals surface area contributed by atoms with Crippen LogP contribution in [0.5, 0.6) is 0 Å². The van der Waals surface area contributed by atoms with Gasteiger partial charge in [-0.25, -0.2) is 0 Å². The molecule has 118 valence electrons. The van der Waals surface area contributed by atoms with Crippen LogP contribution < -0.4 is 15.1 Å². The molecule has 4 nitrogen and oxygen atoms in total. The van der Waals surface area contributed by atoms with Crippen LogP contribution in [-0.2, 0) is 0 Å². The molecule has 1 aromatic rings. The lowest BCUT2D eigenvalue weighted by Crippen LogP contribution is -2.49. The van der Waals surface area contributed by atoms with E-state index in [0.29, 0.717) is 6.04 Å². The third-order valence-electron chi connectivity index (χ3n) is 4.52. The molecule has 0 unspecified atom stereocenters. The molecule has 3 rings (SSSR count). The molecule has 0 bridgehead atoms. The van der Waals surface area contributed by atoms with Gasteiger partial charge in [0, 0.05) is 50.1 Å². The molecule has 2 N–H and O–H groups in total. The van der Waals surface area contributed by atoms with Crippen LogP contribution in [0.1, 0.15) is 18.9 Å². The fraction of sp³-hybridized carbons (Fsp3) is 0.625. The summed E-state index contributed by atoms with van der Waals surface area (Å²) >= 11 is 0. The number of piperazine rings is 1. The van der Waals surface area contributed by atoms with E-state index >= 15 is 0 Å². The first kappa shape index (κ1) is 16.4. The van der Waals surface area contributed by atoms with Crippen molar-refractivity contribution in [1.29, 1.82) is 0 Å². The molecule has 0 saturated carbocycles. The number of nitrogens with zero attached hydrogens (tertiary/aromatic N) is 2. The Morgan fingerprint density at radius 2 is 2.10 bits per heavy atom. The minimum Gasteiger partial charge on any atom is -0.391 e. The van der Waals surface area contributed by atoms with Crippen LogP contribution in [0.2, 0.25) is 0 Å². The smallest absolute Gasteiger partial charge is 0.0731 e. The molecule has 0 aromatic heterocycles. The summed E-state index contributed by atoms with van der Waals surface area (Å²) < 4.78 is 0. The van der Waals surface area contributed by atoms with Crippen LogP contribution in [0.25, 0.3) is 0 Å². The Hall–Kier alpha value is -0.970. The number of aliphatic hydroxyl groups excluding tert-OH is 1. The van der Waals surface area contributed by atoms with E-state index in [-0.39, 0.29) is 18.5 Å². The first-order valence-electron chi connectivity index (χ1n) is 7.66. The average molecular weight is 312 g/mol. The summed E-state index contributed by atoms with van der Waals surface area (Å²) in [6.07, 6.45) is 0.720. The Morgan fingerprint density at radius 1 is 1.29 bits per heavy atom. The Morgan fingerprint density at radius 3 is 2.71 bits per heavy atom. The molecule has 21 heavy (non-hydrogen) atoms. The fourth-order valence-electron chi connectivity index (χ4n) is 3.36. The number of hydrogen-bond donors (Lipinski definition) is 2. The van der Waals surface area contributed by atoms with Crippen molar-refractivity contribution in [1.82, 2.24) is 5.32 Å². The predicted octanol–water partition coefficient (Wildman–Crippen LogP) is 1.79. The molecular weight excluding hydrogens is 286 g/mol. The molecule has 2 atom stereocenters. The van der Waals surface area contributed by atoms with Gasteiger partial charge in [0.25, 0.3) is 0 Å². The van der Waals surface area contributed by atoms with E-state index in [1.54, 1.807) is 0 Å². The van der Waals surface area contributed by atoms with Gasteiger partial charge in [-0.05, 0) is 44.0 Å². The van der Waals surface area contributed by atoms with Crippen molar-refractivity contribution in [2.45, 2.75) is 32.4 Å². The van der Waals surface area contributed by atoms with E-state index < -0.39 is 0 Å². The number of nitrogens with one attached hydrogen (secondary N) is 1. The predicted molar refractivity (Wildman–Crippen MR) is 90.9 cm³/mol. The fourth-order valence-corrected chi connectivity index (χ4v) is 3.36. The molecule has 0 aliphatic carbocycles. The third kappa shape index (κ3) is 3.44. The summed E-state index contributed by atoms with van der Waals surface area (Å²) in [4.78, 5) is 4.77. The highest BCUT2D eigenvalue weighted by Gasteiger charge is 2.23. The van der Waals surface area contributed by atoms with Crippen LogP contribution >= 0.6 is 12.4 Å². The second-order valence-corrected chi connectivity index (χ2v) is 6.11. The van der Waals surface area contributed by atoms with Gasteiger partial charge in [-0.1, -0.05) is 0 Å². The molecular formula is C16H26ClN3O. The Kier molecular flexibility index (Phi) is 5.36. The summed E-state index contributed by atoms with van der Waals surface area (Å²) in [6.45, 7) is 9.36. The highest BCUT2D eigenvalue weighted by Crippen LogP contribution is 2.29. The number of halogens is 1. The number of aliphatic hydroxyl groups is 1.